The number of hydrogen-bond donors (Lipinski definition) is 0. The minimum Gasteiger partial charge on any atom is -0.383 e. The van der Waals surface area contributed by atoms with Crippen molar-refractivity contribution in [2.24, 2.45) is 0 Å². The predicted octanol–water partition coefficient (Wildman–Crippen LogP) is 1.85. The standard InChI is InChI=1S/C19H24N6O/c1-26-12-11-24-15-20-13-17(24)14-23-8-7-18-21-22-19(25(18)10-9-23)16-5-3-2-4-6-16/h2-6,13,15H,7-12,14H2,1H3. The van der Waals surface area contributed by atoms with Gasteiger partial charge in [0.2, 0.25) is 0 Å². The van der Waals surface area contributed by atoms with E-state index in [4.69, 9.17) is 4.74 Å². The molecule has 26 heavy (non-hydrogen) atoms. The molecule has 0 saturated heterocycles. The summed E-state index contributed by atoms with van der Waals surface area (Å²) in [4.78, 5) is 6.76. The van der Waals surface area contributed by atoms with Crippen LogP contribution < -0.4 is 0 Å². The number of aromatic nitrogens is 5. The van der Waals surface area contributed by atoms with E-state index in [0.717, 1.165) is 56.4 Å². The molecule has 7 heteroatoms. The molecule has 0 amide bonds. The number of imidazole rings is 1. The first-order valence-electron chi connectivity index (χ1n) is 9.03. The van der Waals surface area contributed by atoms with Crippen LogP contribution in [0.2, 0.25) is 0 Å². The minimum absolute atomic E-state index is 0.699. The summed E-state index contributed by atoms with van der Waals surface area (Å²) in [5, 5.41) is 8.86. The van der Waals surface area contributed by atoms with Gasteiger partial charge in [-0.15, -0.1) is 10.2 Å². The summed E-state index contributed by atoms with van der Waals surface area (Å²) in [7, 11) is 1.73. The van der Waals surface area contributed by atoms with E-state index in [1.807, 2.05) is 30.7 Å². The highest BCUT2D eigenvalue weighted by atomic mass is 16.5. The molecule has 0 radical (unpaired) electrons. The summed E-state index contributed by atoms with van der Waals surface area (Å²) in [6.45, 7) is 5.28. The summed E-state index contributed by atoms with van der Waals surface area (Å²) < 4.78 is 9.62. The van der Waals surface area contributed by atoms with E-state index < -0.39 is 0 Å². The largest absolute Gasteiger partial charge is 0.383 e. The first-order chi connectivity index (χ1) is 12.8. The molecule has 0 N–H and O–H groups in total. The second kappa shape index (κ2) is 7.80. The normalized spacial score (nSPS) is 15.0. The summed E-state index contributed by atoms with van der Waals surface area (Å²) in [6.07, 6.45) is 4.75. The minimum atomic E-state index is 0.699. The fraction of sp³-hybridized carbons (Fsp3) is 0.421. The average Bonchev–Trinajstić information content (AvgIpc) is 3.24. The zero-order valence-electron chi connectivity index (χ0n) is 15.1. The topological polar surface area (TPSA) is 61.0 Å². The van der Waals surface area contributed by atoms with Crippen LogP contribution in [0.5, 0.6) is 0 Å². The van der Waals surface area contributed by atoms with Gasteiger partial charge in [-0.1, -0.05) is 30.3 Å². The molecule has 0 saturated carbocycles. The second-order valence-corrected chi connectivity index (χ2v) is 6.55. The molecule has 0 spiro atoms. The molecule has 0 bridgehead atoms. The third-order valence-electron chi connectivity index (χ3n) is 4.87. The molecule has 7 nitrogen and oxygen atoms in total. The van der Waals surface area contributed by atoms with E-state index in [9.17, 15) is 0 Å². The molecule has 1 aromatic carbocycles. The zero-order valence-corrected chi connectivity index (χ0v) is 15.1. The van der Waals surface area contributed by atoms with Crippen molar-refractivity contribution in [2.45, 2.75) is 26.1 Å². The molecule has 3 aromatic rings. The van der Waals surface area contributed by atoms with E-state index in [0.29, 0.717) is 6.61 Å². The summed E-state index contributed by atoms with van der Waals surface area (Å²) in [5.41, 5.74) is 2.35. The molecule has 0 fully saturated rings. The van der Waals surface area contributed by atoms with Gasteiger partial charge in [-0.05, 0) is 0 Å². The number of fused-ring (bicyclic) bond motifs is 1. The van der Waals surface area contributed by atoms with Gasteiger partial charge in [0, 0.05) is 58.0 Å². The maximum atomic E-state index is 5.19. The van der Waals surface area contributed by atoms with Gasteiger partial charge >= 0.3 is 0 Å². The lowest BCUT2D eigenvalue weighted by Crippen LogP contribution is -2.28. The molecule has 136 valence electrons. The smallest absolute Gasteiger partial charge is 0.164 e. The molecule has 1 aliphatic heterocycles. The molecular formula is C19H24N6O. The van der Waals surface area contributed by atoms with Crippen molar-refractivity contribution in [3.8, 4) is 11.4 Å². The quantitative estimate of drug-likeness (QED) is 0.677. The maximum absolute atomic E-state index is 5.19. The van der Waals surface area contributed by atoms with E-state index in [1.54, 1.807) is 7.11 Å². The molecular weight excluding hydrogens is 328 g/mol. The molecule has 4 rings (SSSR count). The van der Waals surface area contributed by atoms with Crippen molar-refractivity contribution in [1.82, 2.24) is 29.2 Å². The third-order valence-corrected chi connectivity index (χ3v) is 4.87. The van der Waals surface area contributed by atoms with Crippen LogP contribution in [-0.4, -0.2) is 56.0 Å². The average molecular weight is 352 g/mol. The summed E-state index contributed by atoms with van der Waals surface area (Å²) in [6, 6.07) is 10.3. The maximum Gasteiger partial charge on any atom is 0.164 e. The SMILES string of the molecule is COCCn1cncc1CN1CCc2nnc(-c3ccccc3)n2CC1. The van der Waals surface area contributed by atoms with E-state index in [1.165, 1.54) is 5.69 Å². The van der Waals surface area contributed by atoms with Gasteiger partial charge < -0.3 is 13.9 Å². The molecule has 1 aliphatic rings. The van der Waals surface area contributed by atoms with Gasteiger partial charge in [-0.25, -0.2) is 4.98 Å². The molecule has 0 atom stereocenters. The van der Waals surface area contributed by atoms with Crippen molar-refractivity contribution in [3.05, 3.63) is 54.4 Å². The highest BCUT2D eigenvalue weighted by Crippen LogP contribution is 2.20. The van der Waals surface area contributed by atoms with Crippen LogP contribution in [0.3, 0.4) is 0 Å². The van der Waals surface area contributed by atoms with Crippen LogP contribution >= 0.6 is 0 Å². The Balaban J connectivity index is 1.46. The Bertz CT molecular complexity index is 841. The van der Waals surface area contributed by atoms with Crippen molar-refractivity contribution < 1.29 is 4.74 Å². The fourth-order valence-corrected chi connectivity index (χ4v) is 3.43. The first kappa shape index (κ1) is 16.9. The monoisotopic (exact) mass is 352 g/mol. The zero-order chi connectivity index (χ0) is 17.8. The lowest BCUT2D eigenvalue weighted by molar-refractivity contribution is 0.184. The number of ether oxygens (including phenoxy) is 1. The summed E-state index contributed by atoms with van der Waals surface area (Å²) in [5.74, 6) is 2.03. The number of rotatable bonds is 6. The van der Waals surface area contributed by atoms with Crippen LogP contribution in [-0.2, 0) is 30.8 Å². The number of hydrogen-bond acceptors (Lipinski definition) is 5. The Morgan fingerprint density at radius 1 is 1.08 bits per heavy atom. The van der Waals surface area contributed by atoms with E-state index in [2.05, 4.69) is 41.3 Å². The van der Waals surface area contributed by atoms with E-state index >= 15 is 0 Å². The fourth-order valence-electron chi connectivity index (χ4n) is 3.43. The molecule has 3 heterocycles. The van der Waals surface area contributed by atoms with Crippen molar-refractivity contribution in [3.63, 3.8) is 0 Å². The number of nitrogens with zero attached hydrogens (tertiary/aromatic N) is 6. The Morgan fingerprint density at radius 2 is 1.96 bits per heavy atom. The second-order valence-electron chi connectivity index (χ2n) is 6.55. The lowest BCUT2D eigenvalue weighted by atomic mass is 10.2. The Morgan fingerprint density at radius 3 is 2.81 bits per heavy atom. The molecule has 0 unspecified atom stereocenters. The highest BCUT2D eigenvalue weighted by molar-refractivity contribution is 5.55. The number of benzene rings is 1. The lowest BCUT2D eigenvalue weighted by Gasteiger charge is -2.20. The number of methoxy groups -OCH3 is 1. The van der Waals surface area contributed by atoms with Crippen molar-refractivity contribution >= 4 is 0 Å². The van der Waals surface area contributed by atoms with Gasteiger partial charge in [0.1, 0.15) is 5.82 Å². The Labute approximate surface area is 153 Å². The summed E-state index contributed by atoms with van der Waals surface area (Å²) >= 11 is 0. The van der Waals surface area contributed by atoms with Crippen LogP contribution in [0.25, 0.3) is 11.4 Å². The van der Waals surface area contributed by atoms with E-state index in [-0.39, 0.29) is 0 Å². The highest BCUT2D eigenvalue weighted by Gasteiger charge is 2.20. The first-order valence-corrected chi connectivity index (χ1v) is 9.03. The third kappa shape index (κ3) is 3.54. The van der Waals surface area contributed by atoms with Gasteiger partial charge in [0.15, 0.2) is 5.82 Å². The molecule has 0 aliphatic carbocycles. The Kier molecular flexibility index (Phi) is 5.08. The van der Waals surface area contributed by atoms with Gasteiger partial charge in [-0.2, -0.15) is 0 Å². The van der Waals surface area contributed by atoms with Gasteiger partial charge in [0.25, 0.3) is 0 Å². The predicted molar refractivity (Wildman–Crippen MR) is 98.5 cm³/mol. The van der Waals surface area contributed by atoms with Crippen LogP contribution in [0, 0.1) is 0 Å². The van der Waals surface area contributed by atoms with Crippen molar-refractivity contribution in [1.29, 1.82) is 0 Å². The van der Waals surface area contributed by atoms with Gasteiger partial charge in [0.05, 0.1) is 18.6 Å². The molecule has 2 aromatic heterocycles. The van der Waals surface area contributed by atoms with Gasteiger partial charge in [-0.3, -0.25) is 4.90 Å². The Hall–Kier alpha value is -2.51. The van der Waals surface area contributed by atoms with Crippen LogP contribution in [0.1, 0.15) is 11.5 Å². The van der Waals surface area contributed by atoms with Crippen LogP contribution in [0.15, 0.2) is 42.9 Å². The van der Waals surface area contributed by atoms with Crippen LogP contribution in [0.4, 0.5) is 0 Å². The van der Waals surface area contributed by atoms with Crippen molar-refractivity contribution in [2.75, 3.05) is 26.8 Å².